The van der Waals surface area contributed by atoms with Crippen LogP contribution in [0.2, 0.25) is 0 Å². The fourth-order valence-electron chi connectivity index (χ4n) is 4.64. The second kappa shape index (κ2) is 8.42. The number of ether oxygens (including phenoxy) is 1. The van der Waals surface area contributed by atoms with E-state index in [1.807, 2.05) is 24.4 Å². The molecule has 0 saturated carbocycles. The molecule has 1 N–H and O–H groups in total. The molecule has 2 aliphatic heterocycles. The van der Waals surface area contributed by atoms with Gasteiger partial charge in [-0.1, -0.05) is 0 Å². The number of piperidine rings is 1. The molecular formula is C22H28N6O3S. The first-order chi connectivity index (χ1) is 15.4. The van der Waals surface area contributed by atoms with Crippen LogP contribution in [0.4, 0.5) is 5.82 Å². The summed E-state index contributed by atoms with van der Waals surface area (Å²) in [5.74, 6) is 1.52. The molecule has 9 nitrogen and oxygen atoms in total. The number of aromatic nitrogens is 4. The maximum Gasteiger partial charge on any atom is 0.211 e. The third-order valence-electron chi connectivity index (χ3n) is 6.37. The molecule has 32 heavy (non-hydrogen) atoms. The molecule has 0 spiro atoms. The molecule has 0 amide bonds. The van der Waals surface area contributed by atoms with Crippen LogP contribution in [0.15, 0.2) is 30.6 Å². The minimum absolute atomic E-state index is 0.0267. The van der Waals surface area contributed by atoms with Crippen molar-refractivity contribution in [2.24, 2.45) is 0 Å². The van der Waals surface area contributed by atoms with Gasteiger partial charge in [-0.3, -0.25) is 0 Å². The SMILES string of the molecule is C[C@@H]1COCCN1c1cc([C@@H]2CCCN(S(C)(=O)=O)C2)nc(-c2ccnc3[nH]ccc23)n1. The largest absolute Gasteiger partial charge is 0.377 e. The number of rotatable bonds is 4. The Bertz CT molecular complexity index is 1230. The van der Waals surface area contributed by atoms with Gasteiger partial charge in [-0.25, -0.2) is 27.7 Å². The molecule has 2 saturated heterocycles. The van der Waals surface area contributed by atoms with Crippen molar-refractivity contribution >= 4 is 26.9 Å². The van der Waals surface area contributed by atoms with Crippen molar-refractivity contribution in [2.75, 3.05) is 44.0 Å². The quantitative estimate of drug-likeness (QED) is 0.643. The summed E-state index contributed by atoms with van der Waals surface area (Å²) in [6.07, 6.45) is 6.61. The Morgan fingerprint density at radius 1 is 1.22 bits per heavy atom. The molecule has 3 aromatic heterocycles. The number of morpholine rings is 1. The smallest absolute Gasteiger partial charge is 0.211 e. The molecule has 2 aliphatic rings. The van der Waals surface area contributed by atoms with Crippen LogP contribution in [0, 0.1) is 0 Å². The average molecular weight is 457 g/mol. The summed E-state index contributed by atoms with van der Waals surface area (Å²) in [6, 6.07) is 6.15. The number of nitrogens with zero attached hydrogens (tertiary/aromatic N) is 5. The first-order valence-corrected chi connectivity index (χ1v) is 12.9. The highest BCUT2D eigenvalue weighted by Crippen LogP contribution is 2.33. The summed E-state index contributed by atoms with van der Waals surface area (Å²) in [4.78, 5) is 19.7. The molecule has 0 aliphatic carbocycles. The lowest BCUT2D eigenvalue weighted by Crippen LogP contribution is -2.44. The predicted molar refractivity (Wildman–Crippen MR) is 123 cm³/mol. The number of hydrogen-bond acceptors (Lipinski definition) is 7. The number of nitrogens with one attached hydrogen (secondary N) is 1. The van der Waals surface area contributed by atoms with Gasteiger partial charge in [0.25, 0.3) is 0 Å². The molecule has 170 valence electrons. The number of hydrogen-bond donors (Lipinski definition) is 1. The van der Waals surface area contributed by atoms with Crippen molar-refractivity contribution in [3.63, 3.8) is 0 Å². The topological polar surface area (TPSA) is 104 Å². The Balaban J connectivity index is 1.61. The number of fused-ring (bicyclic) bond motifs is 1. The van der Waals surface area contributed by atoms with Crippen molar-refractivity contribution in [1.29, 1.82) is 0 Å². The minimum Gasteiger partial charge on any atom is -0.377 e. The normalized spacial score (nSPS) is 23.0. The van der Waals surface area contributed by atoms with Crippen LogP contribution in [0.5, 0.6) is 0 Å². The van der Waals surface area contributed by atoms with Gasteiger partial charge in [0.15, 0.2) is 5.82 Å². The maximum atomic E-state index is 12.2. The highest BCUT2D eigenvalue weighted by molar-refractivity contribution is 7.88. The van der Waals surface area contributed by atoms with E-state index in [-0.39, 0.29) is 12.0 Å². The van der Waals surface area contributed by atoms with Gasteiger partial charge in [-0.2, -0.15) is 0 Å². The fourth-order valence-corrected chi connectivity index (χ4v) is 5.55. The van der Waals surface area contributed by atoms with Crippen LogP contribution in [0.3, 0.4) is 0 Å². The summed E-state index contributed by atoms with van der Waals surface area (Å²) < 4.78 is 31.6. The summed E-state index contributed by atoms with van der Waals surface area (Å²) in [7, 11) is -3.24. The third-order valence-corrected chi connectivity index (χ3v) is 7.64. The second-order valence-corrected chi connectivity index (χ2v) is 10.6. The molecule has 5 heterocycles. The lowest BCUT2D eigenvalue weighted by atomic mass is 9.95. The molecule has 3 aromatic rings. The van der Waals surface area contributed by atoms with Crippen LogP contribution in [-0.4, -0.2) is 77.8 Å². The van der Waals surface area contributed by atoms with E-state index < -0.39 is 10.0 Å². The molecule has 10 heteroatoms. The van der Waals surface area contributed by atoms with Crippen molar-refractivity contribution in [1.82, 2.24) is 24.2 Å². The van der Waals surface area contributed by atoms with E-state index in [9.17, 15) is 8.42 Å². The van der Waals surface area contributed by atoms with Gasteiger partial charge < -0.3 is 14.6 Å². The number of H-pyrrole nitrogens is 1. The highest BCUT2D eigenvalue weighted by atomic mass is 32.2. The van der Waals surface area contributed by atoms with Gasteiger partial charge >= 0.3 is 0 Å². The zero-order valence-corrected chi connectivity index (χ0v) is 19.2. The summed E-state index contributed by atoms with van der Waals surface area (Å²) in [6.45, 7) is 5.20. The van der Waals surface area contributed by atoms with Gasteiger partial charge in [-0.05, 0) is 31.9 Å². The molecule has 2 atom stereocenters. The summed E-state index contributed by atoms with van der Waals surface area (Å²) in [5, 5.41) is 0.965. The number of sulfonamides is 1. The zero-order valence-electron chi connectivity index (χ0n) is 18.4. The molecule has 2 fully saturated rings. The van der Waals surface area contributed by atoms with Gasteiger partial charge in [-0.15, -0.1) is 0 Å². The van der Waals surface area contributed by atoms with Crippen molar-refractivity contribution in [2.45, 2.75) is 31.7 Å². The van der Waals surface area contributed by atoms with Gasteiger partial charge in [0, 0.05) is 55.0 Å². The highest BCUT2D eigenvalue weighted by Gasteiger charge is 2.30. The van der Waals surface area contributed by atoms with Crippen LogP contribution >= 0.6 is 0 Å². The molecular weight excluding hydrogens is 428 g/mol. The third kappa shape index (κ3) is 4.10. The van der Waals surface area contributed by atoms with E-state index in [2.05, 4.69) is 21.8 Å². The Labute approximate surface area is 187 Å². The van der Waals surface area contributed by atoms with Crippen LogP contribution in [0.25, 0.3) is 22.4 Å². The minimum atomic E-state index is -3.24. The second-order valence-electron chi connectivity index (χ2n) is 8.65. The van der Waals surface area contributed by atoms with E-state index in [0.717, 1.165) is 47.5 Å². The molecule has 0 aromatic carbocycles. The summed E-state index contributed by atoms with van der Waals surface area (Å²) in [5.41, 5.74) is 2.59. The first kappa shape index (κ1) is 21.3. The molecule has 0 unspecified atom stereocenters. The monoisotopic (exact) mass is 456 g/mol. The molecule has 0 bridgehead atoms. The van der Waals surface area contributed by atoms with E-state index in [0.29, 0.717) is 32.1 Å². The Morgan fingerprint density at radius 2 is 2.09 bits per heavy atom. The Kier molecular flexibility index (Phi) is 5.60. The standard InChI is InChI=1S/C22H28N6O3S/c1-15-14-31-11-10-28(15)20-12-19(16-4-3-9-27(13-16)32(2,29)30)25-22(26-20)18-6-8-24-21-17(18)5-7-23-21/h5-8,12,15-16H,3-4,9-11,13-14H2,1-2H3,(H,23,24)/t15-,16-/m1/s1. The van der Waals surface area contributed by atoms with E-state index in [1.165, 1.54) is 6.26 Å². The summed E-state index contributed by atoms with van der Waals surface area (Å²) >= 11 is 0. The van der Waals surface area contributed by atoms with Gasteiger partial charge in [0.05, 0.1) is 31.2 Å². The predicted octanol–water partition coefficient (Wildman–Crippen LogP) is 2.38. The van der Waals surface area contributed by atoms with Gasteiger partial charge in [0.2, 0.25) is 10.0 Å². The zero-order chi connectivity index (χ0) is 22.3. The fraction of sp³-hybridized carbons (Fsp3) is 0.500. The van der Waals surface area contributed by atoms with E-state index >= 15 is 0 Å². The Morgan fingerprint density at radius 3 is 2.91 bits per heavy atom. The average Bonchev–Trinajstić information content (AvgIpc) is 3.28. The lowest BCUT2D eigenvalue weighted by Gasteiger charge is -2.35. The van der Waals surface area contributed by atoms with E-state index in [4.69, 9.17) is 14.7 Å². The van der Waals surface area contributed by atoms with Crippen LogP contribution in [-0.2, 0) is 14.8 Å². The molecule has 5 rings (SSSR count). The van der Waals surface area contributed by atoms with Gasteiger partial charge in [0.1, 0.15) is 11.5 Å². The van der Waals surface area contributed by atoms with Crippen LogP contribution in [0.1, 0.15) is 31.4 Å². The Hall–Kier alpha value is -2.56. The molecule has 0 radical (unpaired) electrons. The first-order valence-electron chi connectivity index (χ1n) is 11.0. The van der Waals surface area contributed by atoms with Crippen molar-refractivity contribution < 1.29 is 13.2 Å². The maximum absolute atomic E-state index is 12.2. The van der Waals surface area contributed by atoms with Crippen molar-refractivity contribution in [3.8, 4) is 11.4 Å². The number of aromatic amines is 1. The number of anilines is 1. The lowest BCUT2D eigenvalue weighted by molar-refractivity contribution is 0.0985. The van der Waals surface area contributed by atoms with Crippen molar-refractivity contribution in [3.05, 3.63) is 36.3 Å². The van der Waals surface area contributed by atoms with Crippen LogP contribution < -0.4 is 4.90 Å². The van der Waals surface area contributed by atoms with E-state index in [1.54, 1.807) is 10.5 Å². The number of pyridine rings is 1.